The second kappa shape index (κ2) is 7.35. The molecule has 130 valence electrons. The van der Waals surface area contributed by atoms with Crippen LogP contribution in [-0.2, 0) is 23.1 Å². The number of sulfonamides is 1. The third kappa shape index (κ3) is 4.07. The second-order valence-corrected chi connectivity index (χ2v) is 8.48. The SMILES string of the molecule is CC(=O)c1ccc(S(=O)(=O)N(Cc2ccco2)Cc2cccs2)cc1. The molecule has 0 aliphatic heterocycles. The first-order valence-corrected chi connectivity index (χ1v) is 9.95. The molecule has 0 N–H and O–H groups in total. The van der Waals surface area contributed by atoms with Crippen LogP contribution in [0.2, 0.25) is 0 Å². The maximum absolute atomic E-state index is 13.1. The van der Waals surface area contributed by atoms with Gasteiger partial charge in [-0.25, -0.2) is 8.42 Å². The van der Waals surface area contributed by atoms with E-state index in [0.717, 1.165) is 4.88 Å². The Balaban J connectivity index is 1.93. The Morgan fingerprint density at radius 2 is 1.84 bits per heavy atom. The van der Waals surface area contributed by atoms with Crippen LogP contribution in [0.4, 0.5) is 0 Å². The topological polar surface area (TPSA) is 67.6 Å². The summed E-state index contributed by atoms with van der Waals surface area (Å²) in [6.07, 6.45) is 1.52. The Bertz CT molecular complexity index is 891. The Morgan fingerprint density at radius 1 is 1.08 bits per heavy atom. The van der Waals surface area contributed by atoms with Gasteiger partial charge in [0.25, 0.3) is 0 Å². The van der Waals surface area contributed by atoms with Crippen molar-refractivity contribution in [1.82, 2.24) is 4.31 Å². The number of rotatable bonds is 7. The number of thiophene rings is 1. The van der Waals surface area contributed by atoms with Crippen LogP contribution in [0.1, 0.15) is 27.9 Å². The summed E-state index contributed by atoms with van der Waals surface area (Å²) in [7, 11) is -3.73. The van der Waals surface area contributed by atoms with Crippen molar-refractivity contribution in [3.05, 3.63) is 76.4 Å². The van der Waals surface area contributed by atoms with Gasteiger partial charge in [-0.15, -0.1) is 11.3 Å². The summed E-state index contributed by atoms with van der Waals surface area (Å²) in [6, 6.07) is 13.3. The number of nitrogens with zero attached hydrogens (tertiary/aromatic N) is 1. The van der Waals surface area contributed by atoms with Gasteiger partial charge in [-0.3, -0.25) is 4.79 Å². The van der Waals surface area contributed by atoms with E-state index in [2.05, 4.69) is 0 Å². The van der Waals surface area contributed by atoms with E-state index in [1.807, 2.05) is 17.5 Å². The normalized spacial score (nSPS) is 11.8. The highest BCUT2D eigenvalue weighted by atomic mass is 32.2. The molecule has 3 aromatic rings. The monoisotopic (exact) mass is 375 g/mol. The molecule has 0 bridgehead atoms. The van der Waals surface area contributed by atoms with Crippen LogP contribution >= 0.6 is 11.3 Å². The van der Waals surface area contributed by atoms with Crippen LogP contribution < -0.4 is 0 Å². The van der Waals surface area contributed by atoms with Crippen molar-refractivity contribution in [3.8, 4) is 0 Å². The predicted molar refractivity (Wildman–Crippen MR) is 95.9 cm³/mol. The molecule has 0 unspecified atom stereocenters. The molecule has 0 amide bonds. The van der Waals surface area contributed by atoms with Gasteiger partial charge in [-0.2, -0.15) is 4.31 Å². The lowest BCUT2D eigenvalue weighted by molar-refractivity contribution is 0.101. The molecule has 0 fully saturated rings. The highest BCUT2D eigenvalue weighted by molar-refractivity contribution is 7.89. The summed E-state index contributed by atoms with van der Waals surface area (Å²) in [6.45, 7) is 1.85. The molecule has 0 spiro atoms. The van der Waals surface area contributed by atoms with Crippen molar-refractivity contribution in [2.75, 3.05) is 0 Å². The second-order valence-electron chi connectivity index (χ2n) is 5.51. The van der Waals surface area contributed by atoms with Crippen molar-refractivity contribution in [2.24, 2.45) is 0 Å². The first-order valence-electron chi connectivity index (χ1n) is 7.63. The predicted octanol–water partition coefficient (Wildman–Crippen LogP) is 3.93. The molecule has 0 saturated heterocycles. The van der Waals surface area contributed by atoms with Crippen molar-refractivity contribution in [2.45, 2.75) is 24.9 Å². The van der Waals surface area contributed by atoms with E-state index in [0.29, 0.717) is 11.3 Å². The maximum atomic E-state index is 13.1. The van der Waals surface area contributed by atoms with Crippen molar-refractivity contribution in [3.63, 3.8) is 0 Å². The molecule has 7 heteroatoms. The van der Waals surface area contributed by atoms with E-state index >= 15 is 0 Å². The fraction of sp³-hybridized carbons (Fsp3) is 0.167. The molecule has 0 aliphatic rings. The van der Waals surface area contributed by atoms with Crippen LogP contribution in [-0.4, -0.2) is 18.5 Å². The largest absolute Gasteiger partial charge is 0.468 e. The third-order valence-electron chi connectivity index (χ3n) is 3.72. The minimum Gasteiger partial charge on any atom is -0.468 e. The average molecular weight is 375 g/mol. The van der Waals surface area contributed by atoms with Gasteiger partial charge in [0, 0.05) is 17.0 Å². The van der Waals surface area contributed by atoms with Crippen LogP contribution in [0.5, 0.6) is 0 Å². The lowest BCUT2D eigenvalue weighted by atomic mass is 10.2. The van der Waals surface area contributed by atoms with Gasteiger partial charge in [-0.05, 0) is 42.6 Å². The molecule has 0 atom stereocenters. The quantitative estimate of drug-likeness (QED) is 0.587. The lowest BCUT2D eigenvalue weighted by Crippen LogP contribution is -2.29. The van der Waals surface area contributed by atoms with E-state index < -0.39 is 10.0 Å². The van der Waals surface area contributed by atoms with Gasteiger partial charge < -0.3 is 4.42 Å². The fourth-order valence-corrected chi connectivity index (χ4v) is 4.57. The van der Waals surface area contributed by atoms with Gasteiger partial charge in [0.2, 0.25) is 10.0 Å². The maximum Gasteiger partial charge on any atom is 0.243 e. The number of carbonyl (C=O) groups is 1. The zero-order chi connectivity index (χ0) is 17.9. The van der Waals surface area contributed by atoms with Crippen molar-refractivity contribution in [1.29, 1.82) is 0 Å². The Hall–Kier alpha value is -2.22. The number of hydrogen-bond donors (Lipinski definition) is 0. The number of benzene rings is 1. The molecule has 2 heterocycles. The van der Waals surface area contributed by atoms with E-state index in [1.165, 1.54) is 53.1 Å². The summed E-state index contributed by atoms with van der Waals surface area (Å²) < 4.78 is 32.8. The summed E-state index contributed by atoms with van der Waals surface area (Å²) in [5.74, 6) is 0.468. The van der Waals surface area contributed by atoms with Gasteiger partial charge >= 0.3 is 0 Å². The van der Waals surface area contributed by atoms with Gasteiger partial charge in [0.15, 0.2) is 5.78 Å². The Kier molecular flexibility index (Phi) is 5.17. The van der Waals surface area contributed by atoms with Gasteiger partial charge in [0.05, 0.1) is 17.7 Å². The number of ketones is 1. The molecule has 0 aliphatic carbocycles. The first-order chi connectivity index (χ1) is 12.0. The molecule has 3 rings (SSSR count). The molecular weight excluding hydrogens is 358 g/mol. The molecule has 5 nitrogen and oxygen atoms in total. The van der Waals surface area contributed by atoms with E-state index in [-0.39, 0.29) is 23.8 Å². The minimum atomic E-state index is -3.73. The summed E-state index contributed by atoms with van der Waals surface area (Å²) in [5.41, 5.74) is 0.481. The Labute approximate surface area is 150 Å². The third-order valence-corrected chi connectivity index (χ3v) is 6.39. The smallest absolute Gasteiger partial charge is 0.243 e. The minimum absolute atomic E-state index is 0.102. The van der Waals surface area contributed by atoms with Crippen molar-refractivity contribution >= 4 is 27.1 Å². The molecule has 1 aromatic carbocycles. The molecular formula is C18H17NO4S2. The lowest BCUT2D eigenvalue weighted by Gasteiger charge is -2.21. The van der Waals surface area contributed by atoms with Crippen molar-refractivity contribution < 1.29 is 17.6 Å². The summed E-state index contributed by atoms with van der Waals surface area (Å²) >= 11 is 1.50. The number of Topliss-reactive ketones (excluding diaryl/α,β-unsaturated/α-hetero) is 1. The van der Waals surface area contributed by atoms with E-state index in [4.69, 9.17) is 4.42 Å². The van der Waals surface area contributed by atoms with E-state index in [1.54, 1.807) is 12.1 Å². The summed E-state index contributed by atoms with van der Waals surface area (Å²) in [4.78, 5) is 12.5. The number of furan rings is 1. The van der Waals surface area contributed by atoms with Gasteiger partial charge in [-0.1, -0.05) is 18.2 Å². The highest BCUT2D eigenvalue weighted by Crippen LogP contribution is 2.23. The number of hydrogen-bond acceptors (Lipinski definition) is 5. The average Bonchev–Trinajstić information content (AvgIpc) is 3.28. The van der Waals surface area contributed by atoms with Crippen LogP contribution in [0.15, 0.2) is 69.5 Å². The zero-order valence-corrected chi connectivity index (χ0v) is 15.2. The molecule has 25 heavy (non-hydrogen) atoms. The molecule has 2 aromatic heterocycles. The fourth-order valence-electron chi connectivity index (χ4n) is 2.39. The summed E-state index contributed by atoms with van der Waals surface area (Å²) in [5, 5.41) is 1.91. The van der Waals surface area contributed by atoms with Gasteiger partial charge in [0.1, 0.15) is 5.76 Å². The van der Waals surface area contributed by atoms with Crippen LogP contribution in [0, 0.1) is 0 Å². The Morgan fingerprint density at radius 3 is 2.40 bits per heavy atom. The number of carbonyl (C=O) groups excluding carboxylic acids is 1. The highest BCUT2D eigenvalue weighted by Gasteiger charge is 2.26. The standard InChI is InChI=1S/C18H17NO4S2/c1-14(20)15-6-8-18(9-7-15)25(21,22)19(12-16-4-2-10-23-16)13-17-5-3-11-24-17/h2-11H,12-13H2,1H3. The van der Waals surface area contributed by atoms with Crippen LogP contribution in [0.25, 0.3) is 0 Å². The molecule has 0 radical (unpaired) electrons. The first kappa shape index (κ1) is 17.6. The van der Waals surface area contributed by atoms with E-state index in [9.17, 15) is 13.2 Å². The zero-order valence-electron chi connectivity index (χ0n) is 13.6. The van der Waals surface area contributed by atoms with Crippen LogP contribution in [0.3, 0.4) is 0 Å². The molecule has 0 saturated carbocycles.